The van der Waals surface area contributed by atoms with Crippen LogP contribution in [0.1, 0.15) is 0 Å². The molecule has 1 aromatic carbocycles. The highest BCUT2D eigenvalue weighted by atomic mass is 16.5. The lowest BCUT2D eigenvalue weighted by molar-refractivity contribution is -0.111. The normalized spacial score (nSPS) is 9.44. The van der Waals surface area contributed by atoms with E-state index in [1.54, 1.807) is 0 Å². The Balaban J connectivity index is 3.06. The van der Waals surface area contributed by atoms with Crippen molar-refractivity contribution < 1.29 is 19.6 Å². The molecule has 1 rings (SSSR count). The second-order valence-corrected chi connectivity index (χ2v) is 3.03. The van der Waals surface area contributed by atoms with Crippen LogP contribution in [0.2, 0.25) is 0 Å². The smallest absolute Gasteiger partial charge is 0.488 e. The first-order valence-electron chi connectivity index (χ1n) is 4.56. The van der Waals surface area contributed by atoms with Gasteiger partial charge in [-0.2, -0.15) is 0 Å². The van der Waals surface area contributed by atoms with Gasteiger partial charge in [0.25, 0.3) is 0 Å². The monoisotopic (exact) mass is 221 g/mol. The minimum Gasteiger partial charge on any atom is -0.495 e. The van der Waals surface area contributed by atoms with Crippen LogP contribution in [0.3, 0.4) is 0 Å². The number of benzene rings is 1. The molecule has 3 N–H and O–H groups in total. The molecule has 0 atom stereocenters. The van der Waals surface area contributed by atoms with Crippen molar-refractivity contribution in [1.29, 1.82) is 0 Å². The average Bonchev–Trinajstić information content (AvgIpc) is 2.28. The summed E-state index contributed by atoms with van der Waals surface area (Å²) < 4.78 is 5.01. The predicted molar refractivity (Wildman–Crippen MR) is 61.6 cm³/mol. The van der Waals surface area contributed by atoms with Crippen molar-refractivity contribution in [3.05, 3.63) is 30.9 Å². The third-order valence-corrected chi connectivity index (χ3v) is 1.96. The van der Waals surface area contributed by atoms with Crippen LogP contribution in [0.4, 0.5) is 5.69 Å². The lowest BCUT2D eigenvalue weighted by Crippen LogP contribution is -2.30. The first-order chi connectivity index (χ1) is 7.58. The highest BCUT2D eigenvalue weighted by Gasteiger charge is 2.14. The summed E-state index contributed by atoms with van der Waals surface area (Å²) in [6.07, 6.45) is 1.11. The molecule has 0 aliphatic heterocycles. The molecule has 0 unspecified atom stereocenters. The van der Waals surface area contributed by atoms with E-state index in [0.717, 1.165) is 6.08 Å². The van der Waals surface area contributed by atoms with E-state index in [0.29, 0.717) is 11.4 Å². The molecule has 0 spiro atoms. The lowest BCUT2D eigenvalue weighted by atomic mass is 9.80. The summed E-state index contributed by atoms with van der Waals surface area (Å²) in [6, 6.07) is 4.45. The number of hydrogen-bond acceptors (Lipinski definition) is 4. The highest BCUT2D eigenvalue weighted by molar-refractivity contribution is 6.58. The molecule has 0 aliphatic rings. The first kappa shape index (κ1) is 12.3. The molecule has 0 fully saturated rings. The van der Waals surface area contributed by atoms with Crippen molar-refractivity contribution in [3.8, 4) is 5.75 Å². The zero-order valence-corrected chi connectivity index (χ0v) is 8.80. The number of amides is 1. The van der Waals surface area contributed by atoms with Gasteiger partial charge in [-0.05, 0) is 23.7 Å². The molecule has 0 bridgehead atoms. The lowest BCUT2D eigenvalue weighted by Gasteiger charge is -2.10. The summed E-state index contributed by atoms with van der Waals surface area (Å²) >= 11 is 0. The van der Waals surface area contributed by atoms with Crippen LogP contribution in [0.15, 0.2) is 30.9 Å². The van der Waals surface area contributed by atoms with E-state index in [1.165, 1.54) is 25.3 Å². The Morgan fingerprint density at radius 1 is 1.56 bits per heavy atom. The van der Waals surface area contributed by atoms with Gasteiger partial charge in [0.05, 0.1) is 12.8 Å². The number of hydrogen-bond donors (Lipinski definition) is 3. The molecule has 0 radical (unpaired) electrons. The van der Waals surface area contributed by atoms with Crippen LogP contribution in [-0.2, 0) is 4.79 Å². The van der Waals surface area contributed by atoms with E-state index in [9.17, 15) is 4.79 Å². The molecule has 0 aromatic heterocycles. The van der Waals surface area contributed by atoms with Crippen molar-refractivity contribution in [2.45, 2.75) is 0 Å². The Labute approximate surface area is 93.5 Å². The van der Waals surface area contributed by atoms with E-state index in [4.69, 9.17) is 14.8 Å². The van der Waals surface area contributed by atoms with Gasteiger partial charge in [0.15, 0.2) is 0 Å². The van der Waals surface area contributed by atoms with E-state index in [2.05, 4.69) is 11.9 Å². The molecule has 0 saturated heterocycles. The number of carbonyl (C=O) groups excluding carboxylic acids is 1. The van der Waals surface area contributed by atoms with Crippen molar-refractivity contribution >= 4 is 24.2 Å². The second-order valence-electron chi connectivity index (χ2n) is 3.03. The van der Waals surface area contributed by atoms with Crippen molar-refractivity contribution in [1.82, 2.24) is 0 Å². The number of ether oxygens (including phenoxy) is 1. The fourth-order valence-corrected chi connectivity index (χ4v) is 1.17. The van der Waals surface area contributed by atoms with E-state index < -0.39 is 13.0 Å². The van der Waals surface area contributed by atoms with E-state index in [-0.39, 0.29) is 5.46 Å². The van der Waals surface area contributed by atoms with Crippen LogP contribution in [0, 0.1) is 0 Å². The second kappa shape index (κ2) is 5.34. The Kier molecular flexibility index (Phi) is 4.10. The van der Waals surface area contributed by atoms with Crippen LogP contribution in [0.25, 0.3) is 0 Å². The van der Waals surface area contributed by atoms with Crippen LogP contribution >= 0.6 is 0 Å². The third-order valence-electron chi connectivity index (χ3n) is 1.96. The van der Waals surface area contributed by atoms with Gasteiger partial charge in [-0.15, -0.1) is 0 Å². The maximum atomic E-state index is 11.1. The van der Waals surface area contributed by atoms with Crippen molar-refractivity contribution in [2.24, 2.45) is 0 Å². The van der Waals surface area contributed by atoms with Gasteiger partial charge < -0.3 is 20.1 Å². The molecule has 1 amide bonds. The standard InChI is InChI=1S/C10H12BNO4/c1-3-10(13)12-8-6-7(11(14)15)4-5-9(8)16-2/h3-6,14-15H,1H2,2H3,(H,12,13). The fraction of sp³-hybridized carbons (Fsp3) is 0.100. The molecule has 16 heavy (non-hydrogen) atoms. The number of nitrogens with one attached hydrogen (secondary N) is 1. The summed E-state index contributed by atoms with van der Waals surface area (Å²) in [5.74, 6) is 0.0301. The van der Waals surface area contributed by atoms with E-state index >= 15 is 0 Å². The van der Waals surface area contributed by atoms with Crippen LogP contribution < -0.4 is 15.5 Å². The third kappa shape index (κ3) is 2.85. The van der Waals surface area contributed by atoms with Crippen LogP contribution in [0.5, 0.6) is 5.75 Å². The van der Waals surface area contributed by atoms with Gasteiger partial charge in [-0.3, -0.25) is 4.79 Å². The molecular weight excluding hydrogens is 209 g/mol. The minimum absolute atomic E-state index is 0.264. The molecular formula is C10H12BNO4. The fourth-order valence-electron chi connectivity index (χ4n) is 1.17. The Bertz CT molecular complexity index is 406. The molecule has 0 heterocycles. The zero-order chi connectivity index (χ0) is 12.1. The molecule has 0 saturated carbocycles. The quantitative estimate of drug-likeness (QED) is 0.473. The number of rotatable bonds is 4. The summed E-state index contributed by atoms with van der Waals surface area (Å²) in [4.78, 5) is 11.1. The first-order valence-corrected chi connectivity index (χ1v) is 4.56. The number of anilines is 1. The van der Waals surface area contributed by atoms with Gasteiger partial charge in [0, 0.05) is 0 Å². The van der Waals surface area contributed by atoms with Gasteiger partial charge >= 0.3 is 7.12 Å². The van der Waals surface area contributed by atoms with Crippen molar-refractivity contribution in [3.63, 3.8) is 0 Å². The topological polar surface area (TPSA) is 78.8 Å². The summed E-state index contributed by atoms with van der Waals surface area (Å²) in [6.45, 7) is 3.32. The Hall–Kier alpha value is -1.79. The van der Waals surface area contributed by atoms with Gasteiger partial charge in [-0.1, -0.05) is 12.6 Å². The van der Waals surface area contributed by atoms with Crippen molar-refractivity contribution in [2.75, 3.05) is 12.4 Å². The van der Waals surface area contributed by atoms with E-state index in [1.807, 2.05) is 0 Å². The van der Waals surface area contributed by atoms with Gasteiger partial charge in [0.2, 0.25) is 5.91 Å². The maximum absolute atomic E-state index is 11.1. The largest absolute Gasteiger partial charge is 0.495 e. The molecule has 5 nitrogen and oxygen atoms in total. The Morgan fingerprint density at radius 3 is 2.75 bits per heavy atom. The molecule has 84 valence electrons. The zero-order valence-electron chi connectivity index (χ0n) is 8.80. The average molecular weight is 221 g/mol. The predicted octanol–water partition coefficient (Wildman–Crippen LogP) is -0.501. The summed E-state index contributed by atoms with van der Waals surface area (Å²) in [7, 11) is -0.140. The maximum Gasteiger partial charge on any atom is 0.488 e. The molecule has 6 heteroatoms. The summed E-state index contributed by atoms with van der Waals surface area (Å²) in [5.41, 5.74) is 0.623. The highest BCUT2D eigenvalue weighted by Crippen LogP contribution is 2.22. The minimum atomic E-state index is -1.59. The van der Waals surface area contributed by atoms with Gasteiger partial charge in [-0.25, -0.2) is 0 Å². The van der Waals surface area contributed by atoms with Gasteiger partial charge in [0.1, 0.15) is 5.75 Å². The SMILES string of the molecule is C=CC(=O)Nc1cc(B(O)O)ccc1OC. The number of carbonyl (C=O) groups is 1. The summed E-state index contributed by atoms with van der Waals surface area (Å²) in [5, 5.41) is 20.5. The molecule has 0 aliphatic carbocycles. The number of methoxy groups -OCH3 is 1. The Morgan fingerprint density at radius 2 is 2.25 bits per heavy atom. The van der Waals surface area contributed by atoms with Crippen LogP contribution in [-0.4, -0.2) is 30.2 Å². The molecule has 1 aromatic rings.